The second kappa shape index (κ2) is 9.22. The fourth-order valence-electron chi connectivity index (χ4n) is 4.96. The molecular formula is C22H31N5O3. The van der Waals surface area contributed by atoms with E-state index in [1.807, 2.05) is 24.0 Å². The first kappa shape index (κ1) is 20.9. The van der Waals surface area contributed by atoms with Crippen molar-refractivity contribution in [3.05, 3.63) is 41.9 Å². The maximum absolute atomic E-state index is 12.8. The lowest BCUT2D eigenvalue weighted by Gasteiger charge is -2.41. The molecule has 0 N–H and O–H groups in total. The summed E-state index contributed by atoms with van der Waals surface area (Å²) in [7, 11) is 1.74. The highest BCUT2D eigenvalue weighted by Gasteiger charge is 2.51. The van der Waals surface area contributed by atoms with Gasteiger partial charge in [-0.2, -0.15) is 0 Å². The van der Waals surface area contributed by atoms with Crippen LogP contribution in [0.1, 0.15) is 42.5 Å². The lowest BCUT2D eigenvalue weighted by atomic mass is 9.70. The van der Waals surface area contributed by atoms with Crippen LogP contribution in [0.4, 0.5) is 0 Å². The highest BCUT2D eigenvalue weighted by atomic mass is 16.5. The van der Waals surface area contributed by atoms with Gasteiger partial charge >= 0.3 is 0 Å². The van der Waals surface area contributed by atoms with E-state index in [9.17, 15) is 4.79 Å². The number of piperidine rings is 1. The first-order valence-electron chi connectivity index (χ1n) is 10.8. The fraction of sp³-hybridized carbons (Fsp3) is 0.636. The van der Waals surface area contributed by atoms with Gasteiger partial charge in [0.25, 0.3) is 0 Å². The van der Waals surface area contributed by atoms with Crippen molar-refractivity contribution in [2.45, 2.75) is 38.5 Å². The monoisotopic (exact) mass is 413 g/mol. The van der Waals surface area contributed by atoms with Crippen LogP contribution in [0.25, 0.3) is 0 Å². The third-order valence-corrected chi connectivity index (χ3v) is 6.57. The molecule has 0 saturated carbocycles. The molecule has 4 heterocycles. The molecule has 1 amide bonds. The van der Waals surface area contributed by atoms with Crippen molar-refractivity contribution in [1.29, 1.82) is 0 Å². The van der Waals surface area contributed by atoms with Crippen LogP contribution >= 0.6 is 0 Å². The number of hydrogen-bond donors (Lipinski definition) is 0. The average molecular weight is 414 g/mol. The quantitative estimate of drug-likeness (QED) is 0.642. The maximum Gasteiger partial charge on any atom is 0.227 e. The maximum atomic E-state index is 12.8. The number of ether oxygens (including phenoxy) is 1. The Morgan fingerprint density at radius 1 is 1.33 bits per heavy atom. The van der Waals surface area contributed by atoms with Gasteiger partial charge in [0.15, 0.2) is 0 Å². The number of pyridine rings is 1. The fourth-order valence-corrected chi connectivity index (χ4v) is 4.96. The van der Waals surface area contributed by atoms with E-state index in [2.05, 4.69) is 20.1 Å². The number of amides is 1. The Labute approximate surface area is 177 Å². The third kappa shape index (κ3) is 4.54. The van der Waals surface area contributed by atoms with Crippen molar-refractivity contribution in [1.82, 2.24) is 25.0 Å². The summed E-state index contributed by atoms with van der Waals surface area (Å²) in [5, 5.41) is 8.44. The summed E-state index contributed by atoms with van der Waals surface area (Å²) < 4.78 is 11.1. The van der Waals surface area contributed by atoms with Gasteiger partial charge in [-0.1, -0.05) is 6.07 Å². The van der Waals surface area contributed by atoms with Crippen molar-refractivity contribution in [3.8, 4) is 0 Å². The molecule has 162 valence electrons. The largest absolute Gasteiger partial charge is 0.425 e. The lowest BCUT2D eigenvalue weighted by Crippen LogP contribution is -2.46. The van der Waals surface area contributed by atoms with Crippen molar-refractivity contribution < 1.29 is 13.9 Å². The van der Waals surface area contributed by atoms with Crippen LogP contribution in [-0.2, 0) is 16.0 Å². The minimum absolute atomic E-state index is 0.0805. The smallest absolute Gasteiger partial charge is 0.227 e. The van der Waals surface area contributed by atoms with E-state index in [0.29, 0.717) is 12.3 Å². The normalized spacial score (nSPS) is 21.4. The van der Waals surface area contributed by atoms with E-state index in [1.165, 1.54) is 0 Å². The number of likely N-dealkylation sites (tertiary alicyclic amines) is 2. The summed E-state index contributed by atoms with van der Waals surface area (Å²) in [6, 6.07) is 3.83. The van der Waals surface area contributed by atoms with E-state index in [-0.39, 0.29) is 17.2 Å². The highest BCUT2D eigenvalue weighted by Crippen LogP contribution is 2.49. The van der Waals surface area contributed by atoms with E-state index in [1.54, 1.807) is 19.5 Å². The molecule has 2 aliphatic rings. The molecule has 0 bridgehead atoms. The molecule has 2 aromatic heterocycles. The van der Waals surface area contributed by atoms with Crippen molar-refractivity contribution in [3.63, 3.8) is 0 Å². The van der Waals surface area contributed by atoms with E-state index >= 15 is 0 Å². The average Bonchev–Trinajstić information content (AvgIpc) is 3.33. The molecule has 4 rings (SSSR count). The Morgan fingerprint density at radius 2 is 2.17 bits per heavy atom. The molecule has 1 spiro atoms. The lowest BCUT2D eigenvalue weighted by molar-refractivity contribution is -0.132. The first-order valence-corrected chi connectivity index (χ1v) is 10.8. The Hall–Kier alpha value is -2.32. The number of carbonyl (C=O) groups excluding carboxylic acids is 1. The molecular weight excluding hydrogens is 382 g/mol. The molecule has 30 heavy (non-hydrogen) atoms. The second-order valence-corrected chi connectivity index (χ2v) is 8.57. The summed E-state index contributed by atoms with van der Waals surface area (Å²) >= 11 is 0. The Kier molecular flexibility index (Phi) is 6.43. The number of nitrogens with zero attached hydrogens (tertiary/aromatic N) is 5. The summed E-state index contributed by atoms with van der Waals surface area (Å²) in [5.74, 6) is 1.76. The van der Waals surface area contributed by atoms with Gasteiger partial charge in [0.2, 0.25) is 17.7 Å². The number of hydrogen-bond acceptors (Lipinski definition) is 7. The van der Waals surface area contributed by atoms with Gasteiger partial charge in [-0.25, -0.2) is 0 Å². The second-order valence-electron chi connectivity index (χ2n) is 8.57. The van der Waals surface area contributed by atoms with E-state index in [0.717, 1.165) is 70.0 Å². The Balaban J connectivity index is 1.43. The summed E-state index contributed by atoms with van der Waals surface area (Å²) in [4.78, 5) is 21.4. The molecule has 0 aromatic carbocycles. The third-order valence-electron chi connectivity index (χ3n) is 6.57. The van der Waals surface area contributed by atoms with Crippen LogP contribution < -0.4 is 0 Å². The van der Waals surface area contributed by atoms with Gasteiger partial charge in [-0.3, -0.25) is 9.78 Å². The zero-order valence-electron chi connectivity index (χ0n) is 17.9. The summed E-state index contributed by atoms with van der Waals surface area (Å²) in [6.45, 7) is 7.09. The van der Waals surface area contributed by atoms with Gasteiger partial charge in [-0.05, 0) is 36.3 Å². The molecule has 2 aromatic rings. The van der Waals surface area contributed by atoms with Gasteiger partial charge in [0.1, 0.15) is 0 Å². The van der Waals surface area contributed by atoms with Crippen LogP contribution in [0.3, 0.4) is 0 Å². The summed E-state index contributed by atoms with van der Waals surface area (Å²) in [5.41, 5.74) is 1.05. The van der Waals surface area contributed by atoms with Crippen LogP contribution in [0.15, 0.2) is 28.9 Å². The van der Waals surface area contributed by atoms with Crippen molar-refractivity contribution in [2.24, 2.45) is 5.41 Å². The topological polar surface area (TPSA) is 84.6 Å². The number of methoxy groups -OCH3 is 1. The Bertz CT molecular complexity index is 832. The minimum Gasteiger partial charge on any atom is -0.425 e. The predicted octanol–water partition coefficient (Wildman–Crippen LogP) is 2.06. The highest BCUT2D eigenvalue weighted by molar-refractivity contribution is 5.78. The van der Waals surface area contributed by atoms with Crippen molar-refractivity contribution in [2.75, 3.05) is 46.4 Å². The zero-order chi connectivity index (χ0) is 21.0. The standard InChI is InChI=1S/C22H31N5O3/c1-17-24-25-21(30-17)19-15-26(9-4-12-29-2)16-22(19)6-10-27(11-7-22)20(28)13-18-5-3-8-23-14-18/h3,5,8,14,19H,4,6-7,9-13,15-16H2,1-2H3. The SMILES string of the molecule is COCCCN1CC(c2nnc(C)o2)C2(CCN(C(=O)Cc3cccnc3)CC2)C1. The molecule has 2 saturated heterocycles. The molecule has 2 fully saturated rings. The van der Waals surface area contributed by atoms with E-state index in [4.69, 9.17) is 9.15 Å². The van der Waals surface area contributed by atoms with Crippen LogP contribution in [0.2, 0.25) is 0 Å². The molecule has 0 aliphatic carbocycles. The number of carbonyl (C=O) groups is 1. The van der Waals surface area contributed by atoms with Gasteiger partial charge in [0.05, 0.1) is 12.3 Å². The predicted molar refractivity (Wildman–Crippen MR) is 111 cm³/mol. The molecule has 8 nitrogen and oxygen atoms in total. The van der Waals surface area contributed by atoms with Crippen LogP contribution in [-0.4, -0.2) is 77.3 Å². The molecule has 2 aliphatic heterocycles. The first-order chi connectivity index (χ1) is 14.6. The molecule has 8 heteroatoms. The minimum atomic E-state index is 0.0805. The molecule has 1 atom stereocenters. The summed E-state index contributed by atoms with van der Waals surface area (Å²) in [6.07, 6.45) is 6.84. The van der Waals surface area contributed by atoms with Gasteiger partial charge < -0.3 is 19.0 Å². The number of rotatable bonds is 7. The Morgan fingerprint density at radius 3 is 2.83 bits per heavy atom. The molecule has 0 radical (unpaired) electrons. The van der Waals surface area contributed by atoms with Gasteiger partial charge in [0, 0.05) is 65.8 Å². The zero-order valence-corrected chi connectivity index (χ0v) is 17.9. The van der Waals surface area contributed by atoms with Crippen LogP contribution in [0, 0.1) is 12.3 Å². The number of aryl methyl sites for hydroxylation is 1. The van der Waals surface area contributed by atoms with Crippen molar-refractivity contribution >= 4 is 5.91 Å². The van der Waals surface area contributed by atoms with Gasteiger partial charge in [-0.15, -0.1) is 10.2 Å². The van der Waals surface area contributed by atoms with E-state index < -0.39 is 0 Å². The number of aromatic nitrogens is 3. The van der Waals surface area contributed by atoms with Crippen LogP contribution in [0.5, 0.6) is 0 Å². The molecule has 1 unspecified atom stereocenters.